The monoisotopic (exact) mass is 865 g/mol. The molecule has 6 aromatic rings. The van der Waals surface area contributed by atoms with Gasteiger partial charge in [0.2, 0.25) is 0 Å². The highest BCUT2D eigenvalue weighted by Gasteiger charge is 2.44. The normalized spacial score (nSPS) is 13.9. The van der Waals surface area contributed by atoms with E-state index in [9.17, 15) is 0 Å². The third-order valence-corrected chi connectivity index (χ3v) is 14.1. The van der Waals surface area contributed by atoms with Crippen LogP contribution in [-0.4, -0.2) is 0 Å². The maximum absolute atomic E-state index is 2.58. The Morgan fingerprint density at radius 3 is 0.785 bits per heavy atom. The Morgan fingerprint density at radius 1 is 0.338 bits per heavy atom. The Morgan fingerprint density at radius 2 is 0.569 bits per heavy atom. The van der Waals surface area contributed by atoms with Crippen LogP contribution in [-0.2, 0) is 27.1 Å². The largest absolute Gasteiger partial charge is 0.310 e. The number of hydrogen-bond donors (Lipinski definition) is 0. The van der Waals surface area contributed by atoms with Crippen molar-refractivity contribution in [2.24, 2.45) is 11.8 Å². The molecule has 0 unspecified atom stereocenters. The van der Waals surface area contributed by atoms with E-state index in [1.165, 1.54) is 78.6 Å². The molecule has 0 spiro atoms. The van der Waals surface area contributed by atoms with Crippen molar-refractivity contribution in [1.29, 1.82) is 0 Å². The van der Waals surface area contributed by atoms with Crippen LogP contribution in [0, 0.1) is 11.8 Å². The van der Waals surface area contributed by atoms with Gasteiger partial charge in [0.15, 0.2) is 0 Å². The number of rotatable bonds is 12. The van der Waals surface area contributed by atoms with Crippen molar-refractivity contribution in [3.8, 4) is 11.1 Å². The van der Waals surface area contributed by atoms with Crippen molar-refractivity contribution in [2.75, 3.05) is 9.80 Å². The molecule has 2 nitrogen and oxygen atoms in total. The molecule has 0 aliphatic heterocycles. The summed E-state index contributed by atoms with van der Waals surface area (Å²) in [6.07, 6.45) is 4.52. The predicted octanol–water partition coefficient (Wildman–Crippen LogP) is 19.0. The molecule has 0 atom stereocenters. The van der Waals surface area contributed by atoms with Gasteiger partial charge in [-0.3, -0.25) is 0 Å². The second kappa shape index (κ2) is 18.0. The van der Waals surface area contributed by atoms with Gasteiger partial charge >= 0.3 is 0 Å². The minimum absolute atomic E-state index is 0.0731. The molecule has 0 amide bonds. The van der Waals surface area contributed by atoms with Crippen LogP contribution in [0.25, 0.3) is 11.1 Å². The van der Waals surface area contributed by atoms with Crippen LogP contribution in [0.4, 0.5) is 34.1 Å². The topological polar surface area (TPSA) is 6.48 Å². The van der Waals surface area contributed by atoms with Crippen molar-refractivity contribution < 1.29 is 0 Å². The Kier molecular flexibility index (Phi) is 13.2. The second-order valence-corrected chi connectivity index (χ2v) is 24.3. The maximum Gasteiger partial charge on any atom is 0.0465 e. The molecule has 0 heterocycles. The lowest BCUT2D eigenvalue weighted by Gasteiger charge is -2.36. The van der Waals surface area contributed by atoms with Gasteiger partial charge in [-0.1, -0.05) is 171 Å². The first-order chi connectivity index (χ1) is 30.4. The summed E-state index contributed by atoms with van der Waals surface area (Å²) < 4.78 is 0. The molecule has 2 heteroatoms. The van der Waals surface area contributed by atoms with Crippen LogP contribution in [0.15, 0.2) is 133 Å². The maximum atomic E-state index is 2.58. The van der Waals surface area contributed by atoms with Crippen molar-refractivity contribution in [2.45, 2.75) is 164 Å². The first-order valence-corrected chi connectivity index (χ1v) is 24.7. The van der Waals surface area contributed by atoms with Gasteiger partial charge < -0.3 is 9.80 Å². The van der Waals surface area contributed by atoms with E-state index < -0.39 is 0 Å². The summed E-state index contributed by atoms with van der Waals surface area (Å²) in [6.45, 7) is 37.2. The van der Waals surface area contributed by atoms with Gasteiger partial charge in [-0.05, 0) is 176 Å². The molecule has 6 aromatic carbocycles. The first kappa shape index (κ1) is 47.9. The van der Waals surface area contributed by atoms with Crippen molar-refractivity contribution in [1.82, 2.24) is 0 Å². The molecule has 0 saturated heterocycles. The lowest BCUT2D eigenvalue weighted by molar-refractivity contribution is 0.364. The number of fused-ring (bicyclic) bond motifs is 3. The fraction of sp³-hybridized carbons (Fsp3) is 0.429. The van der Waals surface area contributed by atoms with E-state index in [0.29, 0.717) is 11.8 Å². The van der Waals surface area contributed by atoms with Gasteiger partial charge in [0.05, 0.1) is 0 Å². The predicted molar refractivity (Wildman–Crippen MR) is 285 cm³/mol. The molecule has 0 bridgehead atoms. The molecule has 7 rings (SSSR count). The Labute approximate surface area is 395 Å². The Balaban J connectivity index is 1.44. The van der Waals surface area contributed by atoms with Gasteiger partial charge in [0.1, 0.15) is 0 Å². The van der Waals surface area contributed by atoms with Crippen LogP contribution in [0.3, 0.4) is 0 Å². The van der Waals surface area contributed by atoms with Crippen LogP contribution in [0.5, 0.6) is 0 Å². The van der Waals surface area contributed by atoms with Crippen molar-refractivity contribution >= 4 is 34.1 Å². The molecule has 0 radical (unpaired) electrons. The van der Waals surface area contributed by atoms with Crippen LogP contribution >= 0.6 is 0 Å². The average Bonchev–Trinajstić information content (AvgIpc) is 3.50. The zero-order valence-electron chi connectivity index (χ0n) is 43.1. The zero-order chi connectivity index (χ0) is 47.3. The van der Waals surface area contributed by atoms with Crippen molar-refractivity contribution in [3.63, 3.8) is 0 Å². The van der Waals surface area contributed by atoms with Crippen LogP contribution < -0.4 is 9.80 Å². The van der Waals surface area contributed by atoms with E-state index >= 15 is 0 Å². The third-order valence-electron chi connectivity index (χ3n) is 14.1. The van der Waals surface area contributed by atoms with E-state index in [4.69, 9.17) is 0 Å². The van der Waals surface area contributed by atoms with Crippen molar-refractivity contribution in [3.05, 3.63) is 167 Å². The quantitative estimate of drug-likeness (QED) is 0.121. The Hall–Kier alpha value is -5.08. The van der Waals surface area contributed by atoms with Crippen LogP contribution in [0.1, 0.15) is 170 Å². The number of anilines is 6. The van der Waals surface area contributed by atoms with E-state index in [0.717, 1.165) is 25.7 Å². The average molecular weight is 865 g/mol. The van der Waals surface area contributed by atoms with Gasteiger partial charge in [-0.2, -0.15) is 0 Å². The number of nitrogens with zero attached hydrogens (tertiary/aromatic N) is 2. The van der Waals surface area contributed by atoms with Gasteiger partial charge in [0.25, 0.3) is 0 Å². The number of benzene rings is 6. The van der Waals surface area contributed by atoms with Crippen LogP contribution in [0.2, 0.25) is 0 Å². The molecule has 1 aliphatic rings. The lowest BCUT2D eigenvalue weighted by Crippen LogP contribution is -2.27. The Bertz CT molecular complexity index is 2240. The summed E-state index contributed by atoms with van der Waals surface area (Å²) in [5, 5.41) is 0. The fourth-order valence-electron chi connectivity index (χ4n) is 9.82. The molecular formula is C63H80N2. The van der Waals surface area contributed by atoms with E-state index in [1.807, 2.05) is 0 Å². The second-order valence-electron chi connectivity index (χ2n) is 24.3. The lowest BCUT2D eigenvalue weighted by atomic mass is 9.69. The summed E-state index contributed by atoms with van der Waals surface area (Å²) >= 11 is 0. The molecule has 0 saturated carbocycles. The summed E-state index contributed by atoms with van der Waals surface area (Å²) in [4.78, 5) is 4.99. The summed E-state index contributed by atoms with van der Waals surface area (Å²) in [6, 6.07) is 52.0. The zero-order valence-corrected chi connectivity index (χ0v) is 43.1. The summed E-state index contributed by atoms with van der Waals surface area (Å²) in [7, 11) is 0. The molecule has 0 N–H and O–H groups in total. The third kappa shape index (κ3) is 10.2. The summed E-state index contributed by atoms with van der Waals surface area (Å²) in [5.74, 6) is 1.17. The molecule has 0 aromatic heterocycles. The highest BCUT2D eigenvalue weighted by atomic mass is 15.1. The molecular weight excluding hydrogens is 785 g/mol. The molecule has 342 valence electrons. The minimum Gasteiger partial charge on any atom is -0.310 e. The highest BCUT2D eigenvalue weighted by molar-refractivity contribution is 5.88. The highest BCUT2D eigenvalue weighted by Crippen LogP contribution is 2.57. The van der Waals surface area contributed by atoms with E-state index in [2.05, 4.69) is 254 Å². The molecule has 0 fully saturated rings. The van der Waals surface area contributed by atoms with E-state index in [1.54, 1.807) is 0 Å². The number of hydrogen-bond acceptors (Lipinski definition) is 2. The smallest absolute Gasteiger partial charge is 0.0465 e. The van der Waals surface area contributed by atoms with Gasteiger partial charge in [-0.15, -0.1) is 0 Å². The minimum atomic E-state index is -0.152. The first-order valence-electron chi connectivity index (χ1n) is 24.7. The van der Waals surface area contributed by atoms with E-state index in [-0.39, 0.29) is 27.1 Å². The standard InChI is InChI=1S/C63H80N2/c1-43(2)37-39-63(40-38-44(3)4)57-41-53(64(49-25-17-45(18-26-49)59(5,6)7)50-27-19-46(20-28-50)60(8,9)10)33-35-55(57)56-36-34-54(42-58(56)63)65(51-29-21-47(22-30-51)61(11,12)13)52-31-23-48(24-32-52)62(14,15)16/h17-36,41-44H,37-40H2,1-16H3. The fourth-order valence-corrected chi connectivity index (χ4v) is 9.82. The molecule has 65 heavy (non-hydrogen) atoms. The SMILES string of the molecule is CC(C)CCC1(CCC(C)C)c2cc(N(c3ccc(C(C)(C)C)cc3)c3ccc(C(C)(C)C)cc3)ccc2-c2ccc(N(c3ccc(C(C)(C)C)cc3)c3ccc(C(C)(C)C)cc3)cc21. The van der Waals surface area contributed by atoms with Gasteiger partial charge in [-0.25, -0.2) is 0 Å². The molecule has 1 aliphatic carbocycles. The van der Waals surface area contributed by atoms with Gasteiger partial charge in [0, 0.05) is 39.5 Å². The summed E-state index contributed by atoms with van der Waals surface area (Å²) in [5.41, 5.74) is 18.4.